The van der Waals surface area contributed by atoms with Crippen LogP contribution in [-0.4, -0.2) is 22.3 Å². The van der Waals surface area contributed by atoms with Gasteiger partial charge in [0, 0.05) is 6.20 Å². The van der Waals surface area contributed by atoms with Crippen LogP contribution in [0.1, 0.15) is 13.3 Å². The summed E-state index contributed by atoms with van der Waals surface area (Å²) in [6, 6.07) is 6.68. The van der Waals surface area contributed by atoms with Crippen molar-refractivity contribution >= 4 is 28.1 Å². The van der Waals surface area contributed by atoms with Crippen molar-refractivity contribution in [1.82, 2.24) is 9.89 Å². The maximum Gasteiger partial charge on any atom is 0.292 e. The van der Waals surface area contributed by atoms with Crippen LogP contribution in [0.3, 0.4) is 0 Å². The van der Waals surface area contributed by atoms with Gasteiger partial charge >= 0.3 is 0 Å². The van der Waals surface area contributed by atoms with Crippen molar-refractivity contribution in [3.8, 4) is 0 Å². The Morgan fingerprint density at radius 2 is 2.00 bits per heavy atom. The highest BCUT2D eigenvalue weighted by Crippen LogP contribution is 2.13. The predicted molar refractivity (Wildman–Crippen MR) is 83.6 cm³/mol. The number of rotatable bonds is 2. The molecule has 0 spiro atoms. The van der Waals surface area contributed by atoms with Crippen molar-refractivity contribution in [2.24, 2.45) is 4.99 Å². The Bertz CT molecular complexity index is 878. The van der Waals surface area contributed by atoms with Crippen molar-refractivity contribution in [1.29, 1.82) is 0 Å². The topological polar surface area (TPSA) is 70.5 Å². The third-order valence-corrected chi connectivity index (χ3v) is 3.65. The molecule has 0 saturated carbocycles. The second kappa shape index (κ2) is 5.21. The lowest BCUT2D eigenvalue weighted by Gasteiger charge is -2.24. The second-order valence-corrected chi connectivity index (χ2v) is 5.03. The molecule has 6 nitrogen and oxygen atoms in total. The molecule has 2 aromatic rings. The van der Waals surface area contributed by atoms with Gasteiger partial charge in [-0.3, -0.25) is 14.6 Å². The second-order valence-electron chi connectivity index (χ2n) is 4.62. The molecule has 7 heteroatoms. The van der Waals surface area contributed by atoms with Crippen LogP contribution < -0.4 is 16.1 Å². The van der Waals surface area contributed by atoms with E-state index in [1.165, 1.54) is 5.01 Å². The number of hydrogen-bond acceptors (Lipinski definition) is 4. The third kappa shape index (κ3) is 2.27. The molecular formula is C14H13ClN4O2. The molecule has 3 rings (SSSR count). The zero-order chi connectivity index (χ0) is 15.0. The van der Waals surface area contributed by atoms with Gasteiger partial charge in [0.1, 0.15) is 6.67 Å². The summed E-state index contributed by atoms with van der Waals surface area (Å²) in [5.41, 5.74) is 0.130. The monoisotopic (exact) mass is 304 g/mol. The summed E-state index contributed by atoms with van der Waals surface area (Å²) in [6.45, 7) is 2.18. The molecule has 0 atom stereocenters. The van der Waals surface area contributed by atoms with Crippen LogP contribution >= 0.6 is 11.6 Å². The van der Waals surface area contributed by atoms with E-state index in [2.05, 4.69) is 10.1 Å². The molecule has 1 N–H and O–H groups in total. The van der Waals surface area contributed by atoms with E-state index in [1.54, 1.807) is 30.5 Å². The Balaban J connectivity index is 2.16. The van der Waals surface area contributed by atoms with Gasteiger partial charge in [-0.15, -0.1) is 0 Å². The summed E-state index contributed by atoms with van der Waals surface area (Å²) < 4.78 is 0. The molecule has 1 aliphatic rings. The molecule has 0 amide bonds. The fourth-order valence-corrected chi connectivity index (χ4v) is 2.56. The Kier molecular flexibility index (Phi) is 3.39. The number of aromatic nitrogens is 2. The van der Waals surface area contributed by atoms with Gasteiger partial charge in [0.15, 0.2) is 0 Å². The summed E-state index contributed by atoms with van der Waals surface area (Å²) >= 11 is 6.12. The molecule has 1 aromatic carbocycles. The van der Waals surface area contributed by atoms with Crippen LogP contribution in [0, 0.1) is 0 Å². The lowest BCUT2D eigenvalue weighted by molar-refractivity contribution is 0.574. The number of benzene rings is 1. The molecule has 0 saturated heterocycles. The first-order valence-electron chi connectivity index (χ1n) is 6.54. The normalized spacial score (nSPS) is 15.0. The summed E-state index contributed by atoms with van der Waals surface area (Å²) in [5, 5.41) is 5.21. The van der Waals surface area contributed by atoms with E-state index < -0.39 is 0 Å². The number of aliphatic imine (C=N–C) groups is 1. The number of allylic oxidation sites excluding steroid dienone is 1. The molecule has 0 fully saturated rings. The van der Waals surface area contributed by atoms with Crippen molar-refractivity contribution in [2.45, 2.75) is 13.3 Å². The lowest BCUT2D eigenvalue weighted by Crippen LogP contribution is -2.45. The molecule has 21 heavy (non-hydrogen) atoms. The molecule has 0 unspecified atom stereocenters. The van der Waals surface area contributed by atoms with Crippen molar-refractivity contribution in [2.75, 3.05) is 11.7 Å². The standard InChI is InChI=1S/C14H13ClN4O2/c1-2-12-11(15)7-18(8-16-12)19-14(21)10-6-4-3-5-9(10)13(20)17-19/h3-7H,2,8H2,1H3,(H,17,20). The number of fused-ring (bicyclic) bond motifs is 1. The first-order chi connectivity index (χ1) is 10.1. The fourth-order valence-electron chi connectivity index (χ4n) is 2.25. The average Bonchev–Trinajstić information content (AvgIpc) is 2.51. The molecule has 2 heterocycles. The smallest absolute Gasteiger partial charge is 0.267 e. The van der Waals surface area contributed by atoms with Gasteiger partial charge in [0.25, 0.3) is 11.1 Å². The minimum atomic E-state index is -0.333. The molecule has 0 aliphatic carbocycles. The van der Waals surface area contributed by atoms with Crippen LogP contribution in [0.4, 0.5) is 0 Å². The van der Waals surface area contributed by atoms with Crippen LogP contribution in [0.2, 0.25) is 0 Å². The van der Waals surface area contributed by atoms with Crippen LogP contribution in [0.25, 0.3) is 10.8 Å². The number of hydrogen-bond donors (Lipinski definition) is 1. The van der Waals surface area contributed by atoms with Gasteiger partial charge in [-0.05, 0) is 18.6 Å². The highest BCUT2D eigenvalue weighted by atomic mass is 35.5. The Hall–Kier alpha value is -2.34. The maximum absolute atomic E-state index is 12.5. The molecule has 108 valence electrons. The Morgan fingerprint density at radius 3 is 2.67 bits per heavy atom. The van der Waals surface area contributed by atoms with Gasteiger partial charge in [0.2, 0.25) is 0 Å². The predicted octanol–water partition coefficient (Wildman–Crippen LogP) is 1.53. The molecule has 0 radical (unpaired) electrons. The van der Waals surface area contributed by atoms with Gasteiger partial charge < -0.3 is 0 Å². The third-order valence-electron chi connectivity index (χ3n) is 3.34. The van der Waals surface area contributed by atoms with Gasteiger partial charge in [0.05, 0.1) is 21.5 Å². The molecule has 0 bridgehead atoms. The summed E-state index contributed by atoms with van der Waals surface area (Å²) in [7, 11) is 0. The first kappa shape index (κ1) is 13.6. The first-order valence-corrected chi connectivity index (χ1v) is 6.91. The fraction of sp³-hybridized carbons (Fsp3) is 0.214. The van der Waals surface area contributed by atoms with Crippen molar-refractivity contribution in [3.05, 3.63) is 56.2 Å². The SMILES string of the molecule is CCC1=NCN(n2[nH]c(=O)c3ccccc3c2=O)C=C1Cl. The average molecular weight is 305 g/mol. The van der Waals surface area contributed by atoms with E-state index in [9.17, 15) is 9.59 Å². The van der Waals surface area contributed by atoms with Gasteiger partial charge in [-0.25, -0.2) is 10.1 Å². The lowest BCUT2D eigenvalue weighted by atomic mass is 10.2. The van der Waals surface area contributed by atoms with Crippen molar-refractivity contribution in [3.63, 3.8) is 0 Å². The van der Waals surface area contributed by atoms with Gasteiger partial charge in [-0.2, -0.15) is 4.79 Å². The number of aromatic amines is 1. The largest absolute Gasteiger partial charge is 0.292 e. The molecular weight excluding hydrogens is 292 g/mol. The quantitative estimate of drug-likeness (QED) is 0.914. The Morgan fingerprint density at radius 1 is 1.29 bits per heavy atom. The maximum atomic E-state index is 12.5. The number of nitrogens with zero attached hydrogens (tertiary/aromatic N) is 3. The Labute approximate surface area is 124 Å². The molecule has 1 aliphatic heterocycles. The highest BCUT2D eigenvalue weighted by molar-refractivity contribution is 6.43. The number of halogens is 1. The zero-order valence-corrected chi connectivity index (χ0v) is 12.1. The van der Waals surface area contributed by atoms with Crippen LogP contribution in [0.5, 0.6) is 0 Å². The van der Waals surface area contributed by atoms with Crippen LogP contribution in [0.15, 0.2) is 50.1 Å². The minimum absolute atomic E-state index is 0.230. The number of nitrogens with one attached hydrogen (secondary N) is 1. The van der Waals surface area contributed by atoms with E-state index in [0.717, 1.165) is 10.5 Å². The minimum Gasteiger partial charge on any atom is -0.267 e. The van der Waals surface area contributed by atoms with E-state index in [0.29, 0.717) is 22.2 Å². The van der Waals surface area contributed by atoms with Crippen LogP contribution in [-0.2, 0) is 0 Å². The van der Waals surface area contributed by atoms with E-state index in [4.69, 9.17) is 11.6 Å². The van der Waals surface area contributed by atoms with E-state index in [-0.39, 0.29) is 17.8 Å². The van der Waals surface area contributed by atoms with E-state index >= 15 is 0 Å². The summed E-state index contributed by atoms with van der Waals surface area (Å²) in [6.07, 6.45) is 2.31. The van der Waals surface area contributed by atoms with E-state index in [1.807, 2.05) is 6.92 Å². The summed E-state index contributed by atoms with van der Waals surface area (Å²) in [5.74, 6) is 0. The molecule has 1 aromatic heterocycles. The number of H-pyrrole nitrogens is 1. The zero-order valence-electron chi connectivity index (χ0n) is 11.3. The van der Waals surface area contributed by atoms with Crippen molar-refractivity contribution < 1.29 is 0 Å². The highest BCUT2D eigenvalue weighted by Gasteiger charge is 2.16. The van der Waals surface area contributed by atoms with Gasteiger partial charge in [-0.1, -0.05) is 30.7 Å². The summed E-state index contributed by atoms with van der Waals surface area (Å²) in [4.78, 5) is 30.0.